The van der Waals surface area contributed by atoms with Crippen LogP contribution in [0.2, 0.25) is 0 Å². The lowest BCUT2D eigenvalue weighted by Crippen LogP contribution is -2.33. The second-order valence-corrected chi connectivity index (χ2v) is 2.94. The van der Waals surface area contributed by atoms with Gasteiger partial charge in [0, 0.05) is 6.07 Å². The zero-order valence-electron chi connectivity index (χ0n) is 7.56. The lowest BCUT2D eigenvalue weighted by atomic mass is 10.2. The van der Waals surface area contributed by atoms with Gasteiger partial charge < -0.3 is 5.21 Å². The Morgan fingerprint density at radius 3 is 2.86 bits per heavy atom. The van der Waals surface area contributed by atoms with E-state index in [0.717, 1.165) is 0 Å². The van der Waals surface area contributed by atoms with Gasteiger partial charge in [-0.3, -0.25) is 0 Å². The largest absolute Gasteiger partial charge is 0.617 e. The third kappa shape index (κ3) is 1.07. The van der Waals surface area contributed by atoms with Gasteiger partial charge in [-0.05, 0) is 13.0 Å². The Hall–Kier alpha value is -2.15. The summed E-state index contributed by atoms with van der Waals surface area (Å²) in [6, 6.07) is 8.79. The fourth-order valence-corrected chi connectivity index (χ4v) is 1.36. The van der Waals surface area contributed by atoms with E-state index >= 15 is 0 Å². The molecule has 0 radical (unpaired) electrons. The van der Waals surface area contributed by atoms with Crippen molar-refractivity contribution < 1.29 is 4.73 Å². The lowest BCUT2D eigenvalue weighted by Gasteiger charge is -2.03. The van der Waals surface area contributed by atoms with E-state index in [1.807, 2.05) is 6.07 Å². The summed E-state index contributed by atoms with van der Waals surface area (Å²) in [4.78, 5) is 4.16. The number of hydrogen-bond acceptors (Lipinski definition) is 3. The van der Waals surface area contributed by atoms with E-state index in [1.54, 1.807) is 31.2 Å². The fraction of sp³-hybridized carbons (Fsp3) is 0.100. The van der Waals surface area contributed by atoms with Crippen LogP contribution in [0.3, 0.4) is 0 Å². The zero-order valence-corrected chi connectivity index (χ0v) is 7.56. The molecule has 1 aromatic heterocycles. The summed E-state index contributed by atoms with van der Waals surface area (Å²) in [6.07, 6.45) is 0. The smallest absolute Gasteiger partial charge is 0.316 e. The van der Waals surface area contributed by atoms with Gasteiger partial charge in [0.1, 0.15) is 11.2 Å². The first kappa shape index (κ1) is 8.45. The van der Waals surface area contributed by atoms with Gasteiger partial charge in [0.25, 0.3) is 0 Å². The summed E-state index contributed by atoms with van der Waals surface area (Å²) in [5.74, 6) is 0. The maximum Gasteiger partial charge on any atom is 0.316 e. The molecule has 0 amide bonds. The van der Waals surface area contributed by atoms with Crippen molar-refractivity contribution in [3.05, 3.63) is 40.9 Å². The van der Waals surface area contributed by atoms with Crippen molar-refractivity contribution in [1.82, 2.24) is 4.98 Å². The first-order chi connectivity index (χ1) is 6.74. The van der Waals surface area contributed by atoms with Gasteiger partial charge in [-0.2, -0.15) is 9.99 Å². The molecule has 68 valence electrons. The van der Waals surface area contributed by atoms with Gasteiger partial charge in [-0.1, -0.05) is 12.1 Å². The quantitative estimate of drug-likeness (QED) is 0.455. The number of rotatable bonds is 0. The molecular formula is C10H7N3O. The lowest BCUT2D eigenvalue weighted by molar-refractivity contribution is -0.580. The van der Waals surface area contributed by atoms with Crippen LogP contribution in [0.25, 0.3) is 11.0 Å². The predicted molar refractivity (Wildman–Crippen MR) is 50.2 cm³/mol. The summed E-state index contributed by atoms with van der Waals surface area (Å²) in [7, 11) is 0. The van der Waals surface area contributed by atoms with Crippen molar-refractivity contribution in [2.24, 2.45) is 0 Å². The number of fused-ring (bicyclic) bond motifs is 1. The van der Waals surface area contributed by atoms with Crippen molar-refractivity contribution in [3.63, 3.8) is 0 Å². The number of hydrogen-bond donors (Lipinski definition) is 0. The van der Waals surface area contributed by atoms with Crippen LogP contribution >= 0.6 is 0 Å². The summed E-state index contributed by atoms with van der Waals surface area (Å²) >= 11 is 0. The van der Waals surface area contributed by atoms with Crippen LogP contribution in [0.1, 0.15) is 11.4 Å². The Labute approximate surface area is 80.6 Å². The van der Waals surface area contributed by atoms with Crippen molar-refractivity contribution in [1.29, 1.82) is 5.26 Å². The molecule has 0 atom stereocenters. The van der Waals surface area contributed by atoms with Gasteiger partial charge in [-0.25, -0.2) is 4.98 Å². The van der Waals surface area contributed by atoms with Crippen LogP contribution in [0.4, 0.5) is 0 Å². The van der Waals surface area contributed by atoms with Crippen LogP contribution < -0.4 is 4.73 Å². The fourth-order valence-electron chi connectivity index (χ4n) is 1.36. The molecule has 0 aliphatic heterocycles. The highest BCUT2D eigenvalue weighted by molar-refractivity contribution is 5.71. The number of para-hydroxylation sites is 2. The molecular weight excluding hydrogens is 178 g/mol. The Balaban J connectivity index is 2.95. The number of nitrogens with zero attached hydrogens (tertiary/aromatic N) is 3. The molecule has 0 spiro atoms. The Morgan fingerprint density at radius 1 is 1.43 bits per heavy atom. The molecule has 14 heavy (non-hydrogen) atoms. The average molecular weight is 185 g/mol. The standard InChI is InChI=1S/C10H7N3O/c1-7-10(6-11)13(14)9-5-3-2-4-8(9)12-7/h2-5H,1H3. The second-order valence-electron chi connectivity index (χ2n) is 2.94. The van der Waals surface area contributed by atoms with Crippen molar-refractivity contribution in [2.75, 3.05) is 0 Å². The normalized spacial score (nSPS) is 10.0. The SMILES string of the molecule is Cc1nc2ccccc2[n+]([O-])c1C#N. The van der Waals surface area contributed by atoms with E-state index in [4.69, 9.17) is 5.26 Å². The summed E-state index contributed by atoms with van der Waals surface area (Å²) < 4.78 is 0.623. The number of aryl methyl sites for hydroxylation is 1. The van der Waals surface area contributed by atoms with Crippen LogP contribution in [0.15, 0.2) is 24.3 Å². The van der Waals surface area contributed by atoms with Crippen LogP contribution in [0.5, 0.6) is 0 Å². The summed E-state index contributed by atoms with van der Waals surface area (Å²) in [5.41, 5.74) is 1.55. The van der Waals surface area contributed by atoms with E-state index < -0.39 is 0 Å². The van der Waals surface area contributed by atoms with Gasteiger partial charge in [0.2, 0.25) is 5.52 Å². The second kappa shape index (κ2) is 2.96. The van der Waals surface area contributed by atoms with E-state index in [-0.39, 0.29) is 5.69 Å². The van der Waals surface area contributed by atoms with Gasteiger partial charge in [-0.15, -0.1) is 0 Å². The van der Waals surface area contributed by atoms with E-state index in [0.29, 0.717) is 21.5 Å². The highest BCUT2D eigenvalue weighted by Gasteiger charge is 2.14. The van der Waals surface area contributed by atoms with Crippen molar-refractivity contribution in [2.45, 2.75) is 6.92 Å². The van der Waals surface area contributed by atoms with Gasteiger partial charge in [0.05, 0.1) is 0 Å². The van der Waals surface area contributed by atoms with E-state index in [9.17, 15) is 5.21 Å². The van der Waals surface area contributed by atoms with Crippen LogP contribution in [-0.2, 0) is 0 Å². The van der Waals surface area contributed by atoms with Crippen LogP contribution in [0, 0.1) is 23.5 Å². The topological polar surface area (TPSA) is 63.6 Å². The van der Waals surface area contributed by atoms with Gasteiger partial charge >= 0.3 is 5.69 Å². The molecule has 0 N–H and O–H groups in total. The van der Waals surface area contributed by atoms with E-state index in [2.05, 4.69) is 4.98 Å². The minimum Gasteiger partial charge on any atom is -0.617 e. The molecule has 0 bridgehead atoms. The Kier molecular flexibility index (Phi) is 1.79. The number of benzene rings is 1. The molecule has 0 aliphatic rings. The van der Waals surface area contributed by atoms with Crippen LogP contribution in [-0.4, -0.2) is 4.98 Å². The van der Waals surface area contributed by atoms with Crippen molar-refractivity contribution >= 4 is 11.0 Å². The highest BCUT2D eigenvalue weighted by atomic mass is 16.5. The molecule has 1 heterocycles. The minimum atomic E-state index is 0.0590. The molecule has 4 nitrogen and oxygen atoms in total. The average Bonchev–Trinajstić information content (AvgIpc) is 2.18. The zero-order chi connectivity index (χ0) is 10.1. The molecule has 0 saturated carbocycles. The Bertz CT molecular complexity index is 543. The molecule has 4 heteroatoms. The third-order valence-electron chi connectivity index (χ3n) is 2.04. The molecule has 2 aromatic rings. The maximum atomic E-state index is 11.6. The first-order valence-electron chi connectivity index (χ1n) is 4.13. The monoisotopic (exact) mass is 185 g/mol. The third-order valence-corrected chi connectivity index (χ3v) is 2.04. The molecule has 1 aromatic carbocycles. The summed E-state index contributed by atoms with van der Waals surface area (Å²) in [6.45, 7) is 1.65. The summed E-state index contributed by atoms with van der Waals surface area (Å²) in [5, 5.41) is 20.4. The number of nitriles is 1. The molecule has 0 unspecified atom stereocenters. The Morgan fingerprint density at radius 2 is 2.14 bits per heavy atom. The minimum absolute atomic E-state index is 0.0590. The highest BCUT2D eigenvalue weighted by Crippen LogP contribution is 2.09. The molecule has 0 aliphatic carbocycles. The predicted octanol–water partition coefficient (Wildman–Crippen LogP) is 1.05. The molecule has 2 rings (SSSR count). The maximum absolute atomic E-state index is 11.6. The van der Waals surface area contributed by atoms with Gasteiger partial charge in [0.15, 0.2) is 6.07 Å². The number of aromatic nitrogens is 2. The molecule has 0 saturated heterocycles. The van der Waals surface area contributed by atoms with Crippen molar-refractivity contribution in [3.8, 4) is 6.07 Å². The molecule has 0 fully saturated rings. The first-order valence-corrected chi connectivity index (χ1v) is 4.13. The van der Waals surface area contributed by atoms with E-state index in [1.165, 1.54) is 0 Å².